The van der Waals surface area contributed by atoms with Crippen LogP contribution in [0.15, 0.2) is 53.9 Å². The molecular formula is C19H18N4O3. The molecule has 4 rings (SSSR count). The van der Waals surface area contributed by atoms with Gasteiger partial charge >= 0.3 is 0 Å². The molecule has 0 unspecified atom stereocenters. The highest BCUT2D eigenvalue weighted by molar-refractivity contribution is 5.99. The molecule has 26 heavy (non-hydrogen) atoms. The van der Waals surface area contributed by atoms with Crippen LogP contribution < -0.4 is 14.9 Å². The van der Waals surface area contributed by atoms with Crippen LogP contribution in [0.25, 0.3) is 11.0 Å². The highest BCUT2D eigenvalue weighted by atomic mass is 16.6. The first kappa shape index (κ1) is 16.1. The summed E-state index contributed by atoms with van der Waals surface area (Å²) in [5.74, 6) is 1.20. The number of ether oxygens (including phenoxy) is 2. The predicted octanol–water partition coefficient (Wildman–Crippen LogP) is 2.35. The zero-order chi connectivity index (χ0) is 17.9. The number of carbonyl (C=O) groups excluding carboxylic acids is 1. The number of amides is 1. The summed E-state index contributed by atoms with van der Waals surface area (Å²) >= 11 is 0. The normalized spacial score (nSPS) is 13.7. The van der Waals surface area contributed by atoms with E-state index in [1.54, 1.807) is 10.9 Å². The number of nitrogens with one attached hydrogen (secondary N) is 1. The number of nitrogens with zero attached hydrogens (tertiary/aromatic N) is 3. The van der Waals surface area contributed by atoms with Crippen LogP contribution >= 0.6 is 0 Å². The molecule has 0 fully saturated rings. The van der Waals surface area contributed by atoms with Crippen molar-refractivity contribution in [1.82, 2.24) is 15.0 Å². The number of rotatable bonds is 4. The summed E-state index contributed by atoms with van der Waals surface area (Å²) in [7, 11) is 0. The van der Waals surface area contributed by atoms with Crippen LogP contribution in [0.3, 0.4) is 0 Å². The second-order valence-electron chi connectivity index (χ2n) is 5.95. The number of carbonyl (C=O) groups is 1. The molecule has 2 heterocycles. The summed E-state index contributed by atoms with van der Waals surface area (Å²) < 4.78 is 12.9. The van der Waals surface area contributed by atoms with Crippen LogP contribution in [0.5, 0.6) is 11.5 Å². The van der Waals surface area contributed by atoms with E-state index in [-0.39, 0.29) is 12.5 Å². The van der Waals surface area contributed by atoms with Crippen LogP contribution in [0.4, 0.5) is 0 Å². The van der Waals surface area contributed by atoms with Crippen LogP contribution in [0.1, 0.15) is 12.5 Å². The largest absolute Gasteiger partial charge is 0.486 e. The molecule has 1 aliphatic rings. The quantitative estimate of drug-likeness (QED) is 0.579. The Bertz CT molecular complexity index is 993. The van der Waals surface area contributed by atoms with Crippen molar-refractivity contribution < 1.29 is 14.3 Å². The lowest BCUT2D eigenvalue weighted by molar-refractivity contribution is -0.121. The van der Waals surface area contributed by atoms with Crippen molar-refractivity contribution in [2.45, 2.75) is 13.5 Å². The van der Waals surface area contributed by atoms with Gasteiger partial charge in [-0.3, -0.25) is 4.79 Å². The molecule has 0 spiro atoms. The molecule has 7 nitrogen and oxygen atoms in total. The third kappa shape index (κ3) is 3.23. The monoisotopic (exact) mass is 350 g/mol. The Balaban J connectivity index is 1.44. The fraction of sp³-hybridized carbons (Fsp3) is 0.211. The van der Waals surface area contributed by atoms with E-state index in [0.29, 0.717) is 24.7 Å². The molecule has 0 atom stereocenters. The summed E-state index contributed by atoms with van der Waals surface area (Å²) in [5.41, 5.74) is 5.91. The second kappa shape index (κ2) is 6.87. The Labute approximate surface area is 150 Å². The minimum absolute atomic E-state index is 0.151. The molecule has 0 bridgehead atoms. The van der Waals surface area contributed by atoms with Gasteiger partial charge in [0.05, 0.1) is 23.1 Å². The van der Waals surface area contributed by atoms with Crippen molar-refractivity contribution >= 4 is 22.7 Å². The van der Waals surface area contributed by atoms with Gasteiger partial charge in [0.1, 0.15) is 19.8 Å². The molecule has 0 radical (unpaired) electrons. The number of fused-ring (bicyclic) bond motifs is 2. The lowest BCUT2D eigenvalue weighted by Gasteiger charge is -2.18. The van der Waals surface area contributed by atoms with E-state index in [2.05, 4.69) is 15.5 Å². The SMILES string of the molecule is C/C(=N\NC(=O)Cn1cnc2ccccc21)c1ccc2c(c1)OCCO2. The smallest absolute Gasteiger partial charge is 0.260 e. The topological polar surface area (TPSA) is 77.7 Å². The summed E-state index contributed by atoms with van der Waals surface area (Å²) in [6, 6.07) is 13.3. The van der Waals surface area contributed by atoms with Gasteiger partial charge in [-0.25, -0.2) is 10.4 Å². The zero-order valence-corrected chi connectivity index (χ0v) is 14.3. The molecule has 2 aromatic carbocycles. The Kier molecular flexibility index (Phi) is 4.27. The molecule has 0 aliphatic carbocycles. The van der Waals surface area contributed by atoms with Gasteiger partial charge in [-0.05, 0) is 37.3 Å². The van der Waals surface area contributed by atoms with Crippen molar-refractivity contribution in [1.29, 1.82) is 0 Å². The number of aromatic nitrogens is 2. The summed E-state index contributed by atoms with van der Waals surface area (Å²) in [5, 5.41) is 4.19. The fourth-order valence-electron chi connectivity index (χ4n) is 2.81. The van der Waals surface area contributed by atoms with Gasteiger partial charge in [-0.15, -0.1) is 0 Å². The van der Waals surface area contributed by atoms with E-state index in [1.165, 1.54) is 0 Å². The van der Waals surface area contributed by atoms with Gasteiger partial charge in [0.2, 0.25) is 0 Å². The van der Waals surface area contributed by atoms with E-state index in [1.807, 2.05) is 49.4 Å². The average Bonchev–Trinajstić information content (AvgIpc) is 3.08. The van der Waals surface area contributed by atoms with Crippen LogP contribution in [-0.2, 0) is 11.3 Å². The molecule has 132 valence electrons. The number of hydrogen-bond donors (Lipinski definition) is 1. The second-order valence-corrected chi connectivity index (χ2v) is 5.95. The summed E-state index contributed by atoms with van der Waals surface area (Å²) in [4.78, 5) is 16.5. The van der Waals surface area contributed by atoms with E-state index >= 15 is 0 Å². The van der Waals surface area contributed by atoms with Crippen molar-refractivity contribution in [2.24, 2.45) is 5.10 Å². The molecular weight excluding hydrogens is 332 g/mol. The average molecular weight is 350 g/mol. The standard InChI is InChI=1S/C19H18N4O3/c1-13(14-6-7-17-18(10-14)26-9-8-25-17)21-22-19(24)11-23-12-20-15-4-2-3-5-16(15)23/h2-7,10,12H,8-9,11H2,1H3,(H,22,24)/b21-13+. The zero-order valence-electron chi connectivity index (χ0n) is 14.3. The molecule has 1 N–H and O–H groups in total. The van der Waals surface area contributed by atoms with Crippen molar-refractivity contribution in [3.63, 3.8) is 0 Å². The van der Waals surface area contributed by atoms with E-state index in [4.69, 9.17) is 9.47 Å². The van der Waals surface area contributed by atoms with Gasteiger partial charge in [-0.2, -0.15) is 5.10 Å². The summed E-state index contributed by atoms with van der Waals surface area (Å²) in [6.45, 7) is 3.07. The maximum Gasteiger partial charge on any atom is 0.260 e. The Morgan fingerprint density at radius 1 is 1.19 bits per heavy atom. The molecule has 3 aromatic rings. The maximum atomic E-state index is 12.2. The van der Waals surface area contributed by atoms with E-state index in [9.17, 15) is 4.79 Å². The first-order valence-electron chi connectivity index (χ1n) is 8.34. The van der Waals surface area contributed by atoms with Crippen LogP contribution in [0.2, 0.25) is 0 Å². The lowest BCUT2D eigenvalue weighted by Crippen LogP contribution is -2.24. The lowest BCUT2D eigenvalue weighted by atomic mass is 10.1. The number of para-hydroxylation sites is 2. The molecule has 7 heteroatoms. The number of hydrogen-bond acceptors (Lipinski definition) is 5. The first-order valence-corrected chi connectivity index (χ1v) is 8.34. The van der Waals surface area contributed by atoms with Gasteiger partial charge in [-0.1, -0.05) is 12.1 Å². The third-order valence-corrected chi connectivity index (χ3v) is 4.15. The van der Waals surface area contributed by atoms with Gasteiger partial charge in [0, 0.05) is 5.56 Å². The third-order valence-electron chi connectivity index (χ3n) is 4.15. The minimum Gasteiger partial charge on any atom is -0.486 e. The van der Waals surface area contributed by atoms with Gasteiger partial charge in [0.15, 0.2) is 11.5 Å². The van der Waals surface area contributed by atoms with Crippen LogP contribution in [0, 0.1) is 0 Å². The fourth-order valence-corrected chi connectivity index (χ4v) is 2.81. The number of benzene rings is 2. The summed E-state index contributed by atoms with van der Waals surface area (Å²) in [6.07, 6.45) is 1.65. The van der Waals surface area contributed by atoms with Crippen molar-refractivity contribution in [2.75, 3.05) is 13.2 Å². The number of imidazole rings is 1. The van der Waals surface area contributed by atoms with Crippen molar-refractivity contribution in [3.05, 3.63) is 54.4 Å². The van der Waals surface area contributed by atoms with Crippen LogP contribution in [-0.4, -0.2) is 34.4 Å². The number of hydrazone groups is 1. The minimum atomic E-state index is -0.218. The van der Waals surface area contributed by atoms with E-state index < -0.39 is 0 Å². The maximum absolute atomic E-state index is 12.2. The first-order chi connectivity index (χ1) is 12.7. The molecule has 1 aliphatic heterocycles. The highest BCUT2D eigenvalue weighted by Gasteiger charge is 2.13. The van der Waals surface area contributed by atoms with Gasteiger partial charge < -0.3 is 14.0 Å². The molecule has 0 saturated carbocycles. The van der Waals surface area contributed by atoms with Crippen molar-refractivity contribution in [3.8, 4) is 11.5 Å². The Hall–Kier alpha value is -3.35. The van der Waals surface area contributed by atoms with Gasteiger partial charge in [0.25, 0.3) is 5.91 Å². The Morgan fingerprint density at radius 3 is 2.88 bits per heavy atom. The molecule has 1 aromatic heterocycles. The predicted molar refractivity (Wildman–Crippen MR) is 97.5 cm³/mol. The molecule has 0 saturated heterocycles. The highest BCUT2D eigenvalue weighted by Crippen LogP contribution is 2.30. The van der Waals surface area contributed by atoms with E-state index in [0.717, 1.165) is 22.3 Å². The molecule has 1 amide bonds. The Morgan fingerprint density at radius 2 is 2.00 bits per heavy atom.